The number of hydrogen-bond donors (Lipinski definition) is 1. The van der Waals surface area contributed by atoms with Gasteiger partial charge in [-0.05, 0) is 18.2 Å². The number of hydrogen-bond acceptors (Lipinski definition) is 6. The Kier molecular flexibility index (Phi) is 6.91. The maximum absolute atomic E-state index is 11.3. The number of ether oxygens (including phenoxy) is 1. The summed E-state index contributed by atoms with van der Waals surface area (Å²) in [5, 5.41) is 8.42. The third-order valence-electron chi connectivity index (χ3n) is 1.68. The molecular formula is C9H9NaO6S. The largest absolute Gasteiger partial charge is 1.00 e. The van der Waals surface area contributed by atoms with Gasteiger partial charge in [0.1, 0.15) is 16.7 Å². The Bertz CT molecular complexity index is 484. The molecule has 0 fully saturated rings. The van der Waals surface area contributed by atoms with Crippen molar-refractivity contribution in [3.05, 3.63) is 29.8 Å². The maximum atomic E-state index is 11.3. The van der Waals surface area contributed by atoms with Crippen LogP contribution < -0.4 is 29.6 Å². The first kappa shape index (κ1) is 16.6. The molecule has 6 nitrogen and oxygen atoms in total. The van der Waals surface area contributed by atoms with E-state index in [1.54, 1.807) is 0 Å². The fraction of sp³-hybridized carbons (Fsp3) is 0.222. The van der Waals surface area contributed by atoms with Gasteiger partial charge in [0.2, 0.25) is 0 Å². The minimum absolute atomic E-state index is 0. The molecule has 1 aromatic carbocycles. The first-order chi connectivity index (χ1) is 7.45. The zero-order chi connectivity index (χ0) is 12.2. The van der Waals surface area contributed by atoms with Crippen molar-refractivity contribution in [2.24, 2.45) is 0 Å². The summed E-state index contributed by atoms with van der Waals surface area (Å²) in [5.41, 5.74) is -0.0506. The molecule has 0 amide bonds. The van der Waals surface area contributed by atoms with Crippen molar-refractivity contribution in [3.8, 4) is 0 Å². The zero-order valence-electron chi connectivity index (χ0n) is 9.12. The van der Waals surface area contributed by atoms with Crippen LogP contribution in [0.1, 0.15) is 10.4 Å². The summed E-state index contributed by atoms with van der Waals surface area (Å²) < 4.78 is 36.6. The van der Waals surface area contributed by atoms with Crippen LogP contribution in [0.5, 0.6) is 0 Å². The van der Waals surface area contributed by atoms with E-state index in [-0.39, 0.29) is 48.3 Å². The number of esters is 1. The van der Waals surface area contributed by atoms with Gasteiger partial charge in [-0.25, -0.2) is 13.2 Å². The molecule has 0 aliphatic carbocycles. The summed E-state index contributed by atoms with van der Waals surface area (Å²) in [6.07, 6.45) is 0. The Balaban J connectivity index is 0.00000256. The van der Waals surface area contributed by atoms with Crippen LogP contribution in [-0.2, 0) is 14.9 Å². The molecule has 0 radical (unpaired) electrons. The van der Waals surface area contributed by atoms with Crippen LogP contribution in [-0.4, -0.2) is 37.3 Å². The minimum atomic E-state index is -4.59. The summed E-state index contributed by atoms with van der Waals surface area (Å²) in [7, 11) is -4.59. The first-order valence-electron chi connectivity index (χ1n) is 4.29. The van der Waals surface area contributed by atoms with Gasteiger partial charge in [-0.3, -0.25) is 0 Å². The van der Waals surface area contributed by atoms with Crippen LogP contribution in [0.3, 0.4) is 0 Å². The molecule has 1 rings (SSSR count). The SMILES string of the molecule is O=C(OCCO)c1cccc(S(=O)(=O)[O-])c1.[Na+]. The van der Waals surface area contributed by atoms with Crippen LogP contribution in [0, 0.1) is 0 Å². The molecule has 8 heteroatoms. The van der Waals surface area contributed by atoms with E-state index in [4.69, 9.17) is 5.11 Å². The summed E-state index contributed by atoms with van der Waals surface area (Å²) in [6, 6.07) is 4.60. The second kappa shape index (κ2) is 7.10. The molecule has 0 atom stereocenters. The molecule has 0 saturated heterocycles. The van der Waals surface area contributed by atoms with Gasteiger partial charge in [-0.2, -0.15) is 0 Å². The van der Waals surface area contributed by atoms with Crippen LogP contribution in [0.25, 0.3) is 0 Å². The number of benzene rings is 1. The van der Waals surface area contributed by atoms with Gasteiger partial charge >= 0.3 is 35.5 Å². The monoisotopic (exact) mass is 268 g/mol. The van der Waals surface area contributed by atoms with E-state index in [0.717, 1.165) is 12.1 Å². The number of carbonyl (C=O) groups excluding carboxylic acids is 1. The second-order valence-corrected chi connectivity index (χ2v) is 4.22. The van der Waals surface area contributed by atoms with Gasteiger partial charge in [0.15, 0.2) is 0 Å². The third-order valence-corrected chi connectivity index (χ3v) is 2.51. The molecule has 0 saturated carbocycles. The number of rotatable bonds is 4. The molecule has 0 aliphatic heterocycles. The van der Waals surface area contributed by atoms with Crippen molar-refractivity contribution in [1.29, 1.82) is 0 Å². The van der Waals surface area contributed by atoms with E-state index in [2.05, 4.69) is 4.74 Å². The van der Waals surface area contributed by atoms with Crippen molar-refractivity contribution in [2.45, 2.75) is 4.90 Å². The molecule has 0 unspecified atom stereocenters. The Labute approximate surface area is 121 Å². The van der Waals surface area contributed by atoms with Gasteiger partial charge in [0.05, 0.1) is 17.1 Å². The Morgan fingerprint density at radius 3 is 2.59 bits per heavy atom. The Morgan fingerprint density at radius 1 is 1.41 bits per heavy atom. The van der Waals surface area contributed by atoms with E-state index in [1.165, 1.54) is 12.1 Å². The quantitative estimate of drug-likeness (QED) is 0.349. The van der Waals surface area contributed by atoms with E-state index < -0.39 is 21.0 Å². The smallest absolute Gasteiger partial charge is 0.744 e. The summed E-state index contributed by atoms with van der Waals surface area (Å²) in [4.78, 5) is 10.8. The van der Waals surface area contributed by atoms with Crippen LogP contribution in [0.4, 0.5) is 0 Å². The fourth-order valence-electron chi connectivity index (χ4n) is 1.00. The van der Waals surface area contributed by atoms with E-state index >= 15 is 0 Å². The normalized spacial score (nSPS) is 10.5. The standard InChI is InChI=1S/C9H10O6S.Na/c10-4-5-15-9(11)7-2-1-3-8(6-7)16(12,13)14;/h1-3,6,10H,4-5H2,(H,12,13,14);/q;+1/p-1. The van der Waals surface area contributed by atoms with E-state index in [9.17, 15) is 17.8 Å². The Morgan fingerprint density at radius 2 is 2.06 bits per heavy atom. The molecule has 0 heterocycles. The second-order valence-electron chi connectivity index (χ2n) is 2.84. The van der Waals surface area contributed by atoms with Crippen molar-refractivity contribution >= 4 is 16.1 Å². The average molecular weight is 268 g/mol. The predicted octanol–water partition coefficient (Wildman–Crippen LogP) is -3.26. The molecule has 17 heavy (non-hydrogen) atoms. The van der Waals surface area contributed by atoms with Crippen LogP contribution in [0.2, 0.25) is 0 Å². The van der Waals surface area contributed by atoms with E-state index in [1.807, 2.05) is 0 Å². The van der Waals surface area contributed by atoms with Crippen molar-refractivity contribution in [2.75, 3.05) is 13.2 Å². The predicted molar refractivity (Wildman–Crippen MR) is 51.8 cm³/mol. The molecule has 0 spiro atoms. The van der Waals surface area contributed by atoms with Gasteiger partial charge in [-0.15, -0.1) is 0 Å². The summed E-state index contributed by atoms with van der Waals surface area (Å²) in [6.45, 7) is -0.515. The molecule has 1 N–H and O–H groups in total. The number of aliphatic hydroxyl groups is 1. The zero-order valence-corrected chi connectivity index (χ0v) is 11.9. The summed E-state index contributed by atoms with van der Waals surface area (Å²) >= 11 is 0. The number of aliphatic hydroxyl groups excluding tert-OH is 1. The minimum Gasteiger partial charge on any atom is -0.744 e. The van der Waals surface area contributed by atoms with Gasteiger partial charge in [0.25, 0.3) is 0 Å². The first-order valence-corrected chi connectivity index (χ1v) is 5.70. The maximum Gasteiger partial charge on any atom is 1.00 e. The van der Waals surface area contributed by atoms with Crippen molar-refractivity contribution < 1.29 is 57.2 Å². The third kappa shape index (κ3) is 5.15. The molecule has 1 aromatic rings. The summed E-state index contributed by atoms with van der Waals surface area (Å²) in [5.74, 6) is -0.792. The molecule has 0 bridgehead atoms. The van der Waals surface area contributed by atoms with Gasteiger partial charge in [-0.1, -0.05) is 6.07 Å². The number of carbonyl (C=O) groups is 1. The molecule has 0 aliphatic rings. The topological polar surface area (TPSA) is 104 Å². The average Bonchev–Trinajstić information content (AvgIpc) is 2.25. The molecule has 0 aromatic heterocycles. The van der Waals surface area contributed by atoms with E-state index in [0.29, 0.717) is 0 Å². The van der Waals surface area contributed by atoms with Gasteiger partial charge < -0.3 is 14.4 Å². The van der Waals surface area contributed by atoms with Crippen molar-refractivity contribution in [3.63, 3.8) is 0 Å². The van der Waals surface area contributed by atoms with Gasteiger partial charge in [0, 0.05) is 0 Å². The molecule has 88 valence electrons. The Hall–Kier alpha value is -0.440. The van der Waals surface area contributed by atoms with Crippen LogP contribution in [0.15, 0.2) is 29.2 Å². The van der Waals surface area contributed by atoms with Crippen molar-refractivity contribution in [1.82, 2.24) is 0 Å². The fourth-order valence-corrected chi connectivity index (χ4v) is 1.52. The van der Waals surface area contributed by atoms with Crippen LogP contribution >= 0.6 is 0 Å². The molecular weight excluding hydrogens is 259 g/mol.